The summed E-state index contributed by atoms with van der Waals surface area (Å²) in [6.07, 6.45) is 3.43. The predicted octanol–water partition coefficient (Wildman–Crippen LogP) is 1.84. The van der Waals surface area contributed by atoms with Crippen molar-refractivity contribution in [2.45, 2.75) is 52.2 Å². The molecule has 2 aromatic heterocycles. The molecule has 2 heterocycles. The summed E-state index contributed by atoms with van der Waals surface area (Å²) < 4.78 is 7.29. The van der Waals surface area contributed by atoms with Gasteiger partial charge in [0, 0.05) is 5.41 Å². The summed E-state index contributed by atoms with van der Waals surface area (Å²) in [6, 6.07) is 0. The summed E-state index contributed by atoms with van der Waals surface area (Å²) in [4.78, 5) is 4.23. The standard InChI is InChI=1S/C13H20N4O2/c1-12(2,3)10-6-14-11(19-10)8-17-7-9(15-16-17)13(4,5)18/h6-7,18H,8H2,1-5H3. The van der Waals surface area contributed by atoms with E-state index in [4.69, 9.17) is 4.42 Å². The number of nitrogens with zero attached hydrogens (tertiary/aromatic N) is 4. The third-order valence-electron chi connectivity index (χ3n) is 2.76. The molecule has 0 saturated carbocycles. The Bertz CT molecular complexity index is 507. The van der Waals surface area contributed by atoms with E-state index in [0.29, 0.717) is 18.1 Å². The number of hydrogen-bond acceptors (Lipinski definition) is 5. The second-order valence-electron chi connectivity index (χ2n) is 6.23. The number of aliphatic hydroxyl groups is 1. The Labute approximate surface area is 112 Å². The van der Waals surface area contributed by atoms with Gasteiger partial charge in [-0.1, -0.05) is 26.0 Å². The molecule has 0 fully saturated rings. The Morgan fingerprint density at radius 3 is 2.42 bits per heavy atom. The van der Waals surface area contributed by atoms with Gasteiger partial charge in [-0.3, -0.25) is 0 Å². The molecule has 0 radical (unpaired) electrons. The molecule has 0 aliphatic rings. The lowest BCUT2D eigenvalue weighted by Crippen LogP contribution is -2.15. The zero-order valence-corrected chi connectivity index (χ0v) is 12.0. The van der Waals surface area contributed by atoms with Gasteiger partial charge in [0.25, 0.3) is 0 Å². The molecule has 0 amide bonds. The van der Waals surface area contributed by atoms with E-state index in [9.17, 15) is 5.11 Å². The summed E-state index contributed by atoms with van der Waals surface area (Å²) in [5, 5.41) is 17.7. The van der Waals surface area contributed by atoms with E-state index in [1.807, 2.05) is 0 Å². The molecule has 6 nitrogen and oxygen atoms in total. The van der Waals surface area contributed by atoms with Gasteiger partial charge >= 0.3 is 0 Å². The Balaban J connectivity index is 2.14. The van der Waals surface area contributed by atoms with Crippen molar-refractivity contribution in [2.75, 3.05) is 0 Å². The van der Waals surface area contributed by atoms with Crippen molar-refractivity contribution in [1.29, 1.82) is 0 Å². The van der Waals surface area contributed by atoms with Gasteiger partial charge in [-0.2, -0.15) is 0 Å². The lowest BCUT2D eigenvalue weighted by atomic mass is 9.94. The monoisotopic (exact) mass is 264 g/mol. The molecule has 0 aromatic carbocycles. The number of aromatic nitrogens is 4. The molecule has 2 rings (SSSR count). The zero-order valence-electron chi connectivity index (χ0n) is 12.0. The maximum atomic E-state index is 9.82. The molecule has 6 heteroatoms. The molecular formula is C13H20N4O2. The lowest BCUT2D eigenvalue weighted by Gasteiger charge is -2.13. The van der Waals surface area contributed by atoms with Gasteiger partial charge in [-0.25, -0.2) is 9.67 Å². The summed E-state index contributed by atoms with van der Waals surface area (Å²) in [5.41, 5.74) is -0.535. The molecule has 0 spiro atoms. The van der Waals surface area contributed by atoms with Crippen LogP contribution >= 0.6 is 0 Å². The van der Waals surface area contributed by atoms with Crippen LogP contribution in [0.1, 0.15) is 52.0 Å². The number of oxazole rings is 1. The van der Waals surface area contributed by atoms with E-state index >= 15 is 0 Å². The van der Waals surface area contributed by atoms with Crippen LogP contribution in [0, 0.1) is 0 Å². The van der Waals surface area contributed by atoms with Crippen LogP contribution in [0.2, 0.25) is 0 Å². The maximum absolute atomic E-state index is 9.82. The van der Waals surface area contributed by atoms with Crippen LogP contribution in [0.4, 0.5) is 0 Å². The van der Waals surface area contributed by atoms with Crippen LogP contribution in [0.15, 0.2) is 16.8 Å². The van der Waals surface area contributed by atoms with Crippen molar-refractivity contribution < 1.29 is 9.52 Å². The van der Waals surface area contributed by atoms with Gasteiger partial charge < -0.3 is 9.52 Å². The SMILES string of the molecule is CC(C)(C)c1cnc(Cn2cc(C(C)(C)O)nn2)o1. The largest absolute Gasteiger partial charge is 0.443 e. The van der Waals surface area contributed by atoms with E-state index in [2.05, 4.69) is 36.1 Å². The van der Waals surface area contributed by atoms with E-state index in [1.165, 1.54) is 0 Å². The first-order valence-electron chi connectivity index (χ1n) is 6.24. The van der Waals surface area contributed by atoms with Crippen molar-refractivity contribution in [3.05, 3.63) is 29.7 Å². The average molecular weight is 264 g/mol. The Morgan fingerprint density at radius 2 is 1.95 bits per heavy atom. The van der Waals surface area contributed by atoms with Crippen LogP contribution in [0.5, 0.6) is 0 Å². The van der Waals surface area contributed by atoms with Crippen LogP contribution in [0.3, 0.4) is 0 Å². The highest BCUT2D eigenvalue weighted by atomic mass is 16.4. The van der Waals surface area contributed by atoms with Gasteiger partial charge in [0.05, 0.1) is 12.4 Å². The Kier molecular flexibility index (Phi) is 3.22. The third-order valence-corrected chi connectivity index (χ3v) is 2.76. The van der Waals surface area contributed by atoms with Crippen molar-refractivity contribution in [3.8, 4) is 0 Å². The normalized spacial score (nSPS) is 12.9. The predicted molar refractivity (Wildman–Crippen MR) is 69.6 cm³/mol. The van der Waals surface area contributed by atoms with Crippen LogP contribution < -0.4 is 0 Å². The number of hydrogen-bond donors (Lipinski definition) is 1. The van der Waals surface area contributed by atoms with Crippen molar-refractivity contribution in [1.82, 2.24) is 20.0 Å². The quantitative estimate of drug-likeness (QED) is 0.915. The molecule has 2 aromatic rings. The Morgan fingerprint density at radius 1 is 1.26 bits per heavy atom. The molecule has 0 unspecified atom stereocenters. The molecule has 0 bridgehead atoms. The van der Waals surface area contributed by atoms with Crippen molar-refractivity contribution >= 4 is 0 Å². The first-order valence-corrected chi connectivity index (χ1v) is 6.24. The van der Waals surface area contributed by atoms with Crippen LogP contribution in [-0.4, -0.2) is 25.1 Å². The Hall–Kier alpha value is -1.69. The summed E-state index contributed by atoms with van der Waals surface area (Å²) in [6.45, 7) is 9.95. The molecule has 0 aliphatic carbocycles. The minimum Gasteiger partial charge on any atom is -0.443 e. The van der Waals surface area contributed by atoms with Gasteiger partial charge in [-0.05, 0) is 13.8 Å². The fraction of sp³-hybridized carbons (Fsp3) is 0.615. The van der Waals surface area contributed by atoms with E-state index < -0.39 is 5.60 Å². The second kappa shape index (κ2) is 4.45. The molecule has 0 atom stereocenters. The minimum atomic E-state index is -0.995. The second-order valence-corrected chi connectivity index (χ2v) is 6.23. The summed E-state index contributed by atoms with van der Waals surface area (Å²) >= 11 is 0. The number of rotatable bonds is 3. The van der Waals surface area contributed by atoms with Crippen LogP contribution in [0.25, 0.3) is 0 Å². The third kappa shape index (κ3) is 3.20. The lowest BCUT2D eigenvalue weighted by molar-refractivity contribution is 0.0737. The first-order chi connectivity index (χ1) is 8.66. The fourth-order valence-electron chi connectivity index (χ4n) is 1.52. The smallest absolute Gasteiger partial charge is 0.216 e. The summed E-state index contributed by atoms with van der Waals surface area (Å²) in [7, 11) is 0. The van der Waals surface area contributed by atoms with Gasteiger partial charge in [-0.15, -0.1) is 5.10 Å². The highest BCUT2D eigenvalue weighted by Crippen LogP contribution is 2.23. The molecule has 104 valence electrons. The highest BCUT2D eigenvalue weighted by Gasteiger charge is 2.22. The van der Waals surface area contributed by atoms with Crippen molar-refractivity contribution in [3.63, 3.8) is 0 Å². The molecular weight excluding hydrogens is 244 g/mol. The topological polar surface area (TPSA) is 77.0 Å². The molecule has 0 saturated heterocycles. The van der Waals surface area contributed by atoms with Gasteiger partial charge in [0.15, 0.2) is 0 Å². The maximum Gasteiger partial charge on any atom is 0.216 e. The van der Waals surface area contributed by atoms with Crippen LogP contribution in [-0.2, 0) is 17.6 Å². The van der Waals surface area contributed by atoms with E-state index in [0.717, 1.165) is 5.76 Å². The van der Waals surface area contributed by atoms with E-state index in [1.54, 1.807) is 30.9 Å². The molecule has 0 aliphatic heterocycles. The molecule has 19 heavy (non-hydrogen) atoms. The van der Waals surface area contributed by atoms with Crippen molar-refractivity contribution in [2.24, 2.45) is 0 Å². The fourth-order valence-corrected chi connectivity index (χ4v) is 1.52. The zero-order chi connectivity index (χ0) is 14.3. The molecule has 1 N–H and O–H groups in total. The highest BCUT2D eigenvalue weighted by molar-refractivity contribution is 5.07. The summed E-state index contributed by atoms with van der Waals surface area (Å²) in [5.74, 6) is 1.42. The minimum absolute atomic E-state index is 0.0636. The van der Waals surface area contributed by atoms with Gasteiger partial charge in [0.1, 0.15) is 23.6 Å². The average Bonchev–Trinajstić information content (AvgIpc) is 2.84. The van der Waals surface area contributed by atoms with Gasteiger partial charge in [0.2, 0.25) is 5.89 Å². The van der Waals surface area contributed by atoms with E-state index in [-0.39, 0.29) is 5.41 Å². The first kappa shape index (κ1) is 13.7.